The summed E-state index contributed by atoms with van der Waals surface area (Å²) in [6.45, 7) is 9.17. The molecule has 0 aromatic carbocycles. The number of hydrogen-bond acceptors (Lipinski definition) is 5. The fourth-order valence-electron chi connectivity index (χ4n) is 1.47. The number of hydrogen-bond donors (Lipinski definition) is 1. The van der Waals surface area contributed by atoms with Crippen LogP contribution in [0.3, 0.4) is 0 Å². The third-order valence-electron chi connectivity index (χ3n) is 2.61. The molecule has 0 radical (unpaired) electrons. The minimum Gasteiger partial charge on any atom is -0.356 e. The van der Waals surface area contributed by atoms with Crippen LogP contribution >= 0.6 is 11.3 Å². The molecule has 18 heavy (non-hydrogen) atoms. The van der Waals surface area contributed by atoms with Crippen molar-refractivity contribution in [3.63, 3.8) is 0 Å². The lowest BCUT2D eigenvalue weighted by Gasteiger charge is -2.12. The molecule has 0 bridgehead atoms. The molecule has 1 N–H and O–H groups in total. The van der Waals surface area contributed by atoms with Crippen molar-refractivity contribution in [2.45, 2.75) is 39.7 Å². The van der Waals surface area contributed by atoms with Gasteiger partial charge in [-0.25, -0.2) is 0 Å². The first kappa shape index (κ1) is 13.0. The van der Waals surface area contributed by atoms with Gasteiger partial charge in [0.2, 0.25) is 5.13 Å². The second kappa shape index (κ2) is 5.02. The van der Waals surface area contributed by atoms with E-state index in [9.17, 15) is 0 Å². The SMILES string of the molecule is Cc1ncccc1CNc1nnc(C(C)(C)C)s1. The van der Waals surface area contributed by atoms with Gasteiger partial charge in [0.25, 0.3) is 0 Å². The zero-order valence-electron chi connectivity index (χ0n) is 11.2. The van der Waals surface area contributed by atoms with E-state index in [2.05, 4.69) is 47.3 Å². The van der Waals surface area contributed by atoms with Crippen LogP contribution in [0.15, 0.2) is 18.3 Å². The Balaban J connectivity index is 2.03. The molecular weight excluding hydrogens is 244 g/mol. The van der Waals surface area contributed by atoms with Crippen LogP contribution in [0.5, 0.6) is 0 Å². The maximum absolute atomic E-state index is 4.26. The third-order valence-corrected chi connectivity index (χ3v) is 3.92. The van der Waals surface area contributed by atoms with E-state index in [1.54, 1.807) is 11.3 Å². The Kier molecular flexibility index (Phi) is 3.61. The van der Waals surface area contributed by atoms with Crippen molar-refractivity contribution in [1.29, 1.82) is 0 Å². The quantitative estimate of drug-likeness (QED) is 0.923. The van der Waals surface area contributed by atoms with Gasteiger partial charge in [0.1, 0.15) is 5.01 Å². The highest BCUT2D eigenvalue weighted by atomic mass is 32.1. The van der Waals surface area contributed by atoms with E-state index in [1.165, 1.54) is 5.56 Å². The summed E-state index contributed by atoms with van der Waals surface area (Å²) in [5.41, 5.74) is 2.29. The lowest BCUT2D eigenvalue weighted by Crippen LogP contribution is -2.10. The summed E-state index contributed by atoms with van der Waals surface area (Å²) < 4.78 is 0. The van der Waals surface area contributed by atoms with Gasteiger partial charge in [-0.3, -0.25) is 4.98 Å². The van der Waals surface area contributed by atoms with Crippen molar-refractivity contribution < 1.29 is 0 Å². The van der Waals surface area contributed by atoms with Gasteiger partial charge >= 0.3 is 0 Å². The Bertz CT molecular complexity index is 528. The average molecular weight is 262 g/mol. The summed E-state index contributed by atoms with van der Waals surface area (Å²) in [4.78, 5) is 4.26. The second-order valence-electron chi connectivity index (χ2n) is 5.26. The predicted octanol–water partition coefficient (Wildman–Crippen LogP) is 3.15. The number of nitrogens with zero attached hydrogens (tertiary/aromatic N) is 3. The zero-order chi connectivity index (χ0) is 13.2. The van der Waals surface area contributed by atoms with Gasteiger partial charge in [-0.1, -0.05) is 38.2 Å². The van der Waals surface area contributed by atoms with Crippen molar-refractivity contribution in [2.24, 2.45) is 0 Å². The molecular formula is C13H18N4S. The Morgan fingerprint density at radius 1 is 1.28 bits per heavy atom. The van der Waals surface area contributed by atoms with E-state index in [0.29, 0.717) is 0 Å². The summed E-state index contributed by atoms with van der Waals surface area (Å²) in [6, 6.07) is 4.02. The number of rotatable bonds is 3. The van der Waals surface area contributed by atoms with Gasteiger partial charge in [-0.2, -0.15) is 0 Å². The molecule has 4 nitrogen and oxygen atoms in total. The molecule has 0 fully saturated rings. The molecule has 2 aromatic heterocycles. The molecule has 2 rings (SSSR count). The van der Waals surface area contributed by atoms with Gasteiger partial charge in [0, 0.05) is 23.9 Å². The van der Waals surface area contributed by atoms with Crippen LogP contribution in [0.2, 0.25) is 0 Å². The predicted molar refractivity (Wildman–Crippen MR) is 74.9 cm³/mol. The minimum atomic E-state index is 0.0574. The van der Waals surface area contributed by atoms with Crippen LogP contribution in [0.4, 0.5) is 5.13 Å². The lowest BCUT2D eigenvalue weighted by atomic mass is 9.98. The first-order valence-electron chi connectivity index (χ1n) is 5.95. The van der Waals surface area contributed by atoms with Crippen molar-refractivity contribution in [3.05, 3.63) is 34.6 Å². The van der Waals surface area contributed by atoms with Crippen LogP contribution in [0.1, 0.15) is 37.0 Å². The standard InChI is InChI=1S/C13H18N4S/c1-9-10(6-5-7-14-9)8-15-12-17-16-11(18-12)13(2,3)4/h5-7H,8H2,1-4H3,(H,15,17). The summed E-state index contributed by atoms with van der Waals surface area (Å²) in [5.74, 6) is 0. The van der Waals surface area contributed by atoms with E-state index >= 15 is 0 Å². The fourth-order valence-corrected chi connectivity index (χ4v) is 2.27. The number of pyridine rings is 1. The molecule has 0 saturated carbocycles. The Morgan fingerprint density at radius 3 is 2.67 bits per heavy atom. The molecule has 0 unspecified atom stereocenters. The summed E-state index contributed by atoms with van der Waals surface area (Å²) >= 11 is 1.61. The Morgan fingerprint density at radius 2 is 2.06 bits per heavy atom. The summed E-state index contributed by atoms with van der Waals surface area (Å²) in [7, 11) is 0. The van der Waals surface area contributed by atoms with Gasteiger partial charge in [-0.15, -0.1) is 10.2 Å². The topological polar surface area (TPSA) is 50.7 Å². The van der Waals surface area contributed by atoms with E-state index < -0.39 is 0 Å². The van der Waals surface area contributed by atoms with E-state index in [4.69, 9.17) is 0 Å². The number of nitrogens with one attached hydrogen (secondary N) is 1. The monoisotopic (exact) mass is 262 g/mol. The molecule has 0 aliphatic rings. The molecule has 0 amide bonds. The molecule has 2 heterocycles. The van der Waals surface area contributed by atoms with Gasteiger partial charge in [-0.05, 0) is 18.6 Å². The maximum Gasteiger partial charge on any atom is 0.205 e. The first-order chi connectivity index (χ1) is 8.47. The third kappa shape index (κ3) is 3.04. The minimum absolute atomic E-state index is 0.0574. The zero-order valence-corrected chi connectivity index (χ0v) is 12.0. The molecule has 0 spiro atoms. The molecule has 96 valence electrons. The van der Waals surface area contributed by atoms with Crippen LogP contribution in [-0.4, -0.2) is 15.2 Å². The molecule has 2 aromatic rings. The average Bonchev–Trinajstić information content (AvgIpc) is 2.76. The normalized spacial score (nSPS) is 11.6. The second-order valence-corrected chi connectivity index (χ2v) is 6.24. The Labute approximate surface area is 111 Å². The van der Waals surface area contributed by atoms with E-state index in [1.807, 2.05) is 19.2 Å². The number of anilines is 1. The van der Waals surface area contributed by atoms with Crippen molar-refractivity contribution in [2.75, 3.05) is 5.32 Å². The maximum atomic E-state index is 4.26. The summed E-state index contributed by atoms with van der Waals surface area (Å²) in [5, 5.41) is 13.6. The van der Waals surface area contributed by atoms with Crippen molar-refractivity contribution in [3.8, 4) is 0 Å². The molecule has 5 heteroatoms. The van der Waals surface area contributed by atoms with Crippen LogP contribution in [0.25, 0.3) is 0 Å². The van der Waals surface area contributed by atoms with E-state index in [-0.39, 0.29) is 5.41 Å². The van der Waals surface area contributed by atoms with Crippen LogP contribution in [0, 0.1) is 6.92 Å². The highest BCUT2D eigenvalue weighted by molar-refractivity contribution is 7.15. The highest BCUT2D eigenvalue weighted by Gasteiger charge is 2.19. The molecule has 0 aliphatic heterocycles. The van der Waals surface area contributed by atoms with Crippen LogP contribution in [-0.2, 0) is 12.0 Å². The smallest absolute Gasteiger partial charge is 0.205 e. The summed E-state index contributed by atoms with van der Waals surface area (Å²) in [6.07, 6.45) is 1.81. The fraction of sp³-hybridized carbons (Fsp3) is 0.462. The first-order valence-corrected chi connectivity index (χ1v) is 6.77. The molecule has 0 atom stereocenters. The van der Waals surface area contributed by atoms with Crippen molar-refractivity contribution >= 4 is 16.5 Å². The molecule has 0 saturated heterocycles. The number of aromatic nitrogens is 3. The van der Waals surface area contributed by atoms with Crippen LogP contribution < -0.4 is 5.32 Å². The van der Waals surface area contributed by atoms with Gasteiger partial charge in [0.05, 0.1) is 0 Å². The lowest BCUT2D eigenvalue weighted by molar-refractivity contribution is 0.578. The van der Waals surface area contributed by atoms with Crippen molar-refractivity contribution in [1.82, 2.24) is 15.2 Å². The Hall–Kier alpha value is -1.49. The van der Waals surface area contributed by atoms with E-state index in [0.717, 1.165) is 22.4 Å². The largest absolute Gasteiger partial charge is 0.356 e. The van der Waals surface area contributed by atoms with Gasteiger partial charge < -0.3 is 5.32 Å². The highest BCUT2D eigenvalue weighted by Crippen LogP contribution is 2.27. The number of aryl methyl sites for hydroxylation is 1. The van der Waals surface area contributed by atoms with Gasteiger partial charge in [0.15, 0.2) is 0 Å². The molecule has 0 aliphatic carbocycles.